The van der Waals surface area contributed by atoms with E-state index in [1.165, 1.54) is 0 Å². The minimum absolute atomic E-state index is 0.761. The van der Waals surface area contributed by atoms with Crippen molar-refractivity contribution in [3.63, 3.8) is 0 Å². The van der Waals surface area contributed by atoms with Crippen molar-refractivity contribution in [3.05, 3.63) is 41.9 Å². The Hall–Kier alpha value is -1.55. The number of nitrogens with zero attached hydrogens (tertiary/aromatic N) is 2. The molecule has 98 valence electrons. The van der Waals surface area contributed by atoms with Gasteiger partial charge in [-0.15, -0.1) is 0 Å². The molecule has 0 saturated carbocycles. The van der Waals surface area contributed by atoms with Crippen LogP contribution < -0.4 is 5.32 Å². The molecule has 0 unspecified atom stereocenters. The van der Waals surface area contributed by atoms with Crippen molar-refractivity contribution in [1.82, 2.24) is 14.9 Å². The van der Waals surface area contributed by atoms with Crippen molar-refractivity contribution in [2.45, 2.75) is 39.8 Å². The maximum Gasteiger partial charge on any atom is 0.123 e. The number of hydrogen-bond acceptors (Lipinski definition) is 3. The Morgan fingerprint density at radius 1 is 1.28 bits per heavy atom. The van der Waals surface area contributed by atoms with E-state index in [2.05, 4.69) is 28.7 Å². The lowest BCUT2D eigenvalue weighted by Gasteiger charge is -2.04. The quantitative estimate of drug-likeness (QED) is 0.765. The van der Waals surface area contributed by atoms with E-state index >= 15 is 0 Å². The Bertz CT molecular complexity index is 473. The summed E-state index contributed by atoms with van der Waals surface area (Å²) in [6.45, 7) is 6.86. The van der Waals surface area contributed by atoms with Gasteiger partial charge in [-0.2, -0.15) is 0 Å². The molecule has 2 aromatic rings. The van der Waals surface area contributed by atoms with Gasteiger partial charge in [0, 0.05) is 18.8 Å². The maximum absolute atomic E-state index is 5.79. The molecule has 0 aliphatic heterocycles. The SMILES string of the molecule is CCCNCc1ccc(Cn2ccnc2CC)o1. The van der Waals surface area contributed by atoms with Gasteiger partial charge in [0.05, 0.1) is 13.1 Å². The van der Waals surface area contributed by atoms with Crippen molar-refractivity contribution in [2.24, 2.45) is 0 Å². The maximum atomic E-state index is 5.79. The third-order valence-electron chi connectivity index (χ3n) is 2.89. The standard InChI is InChI=1S/C14H21N3O/c1-3-7-15-10-12-5-6-13(18-12)11-17-9-8-16-14(17)4-2/h5-6,8-9,15H,3-4,7,10-11H2,1-2H3. The van der Waals surface area contributed by atoms with Crippen LogP contribution in [-0.4, -0.2) is 16.1 Å². The Morgan fingerprint density at radius 2 is 2.11 bits per heavy atom. The predicted molar refractivity (Wildman–Crippen MR) is 71.4 cm³/mol. The molecule has 2 heterocycles. The molecule has 2 rings (SSSR count). The van der Waals surface area contributed by atoms with Gasteiger partial charge in [-0.3, -0.25) is 0 Å². The van der Waals surface area contributed by atoms with Crippen molar-refractivity contribution >= 4 is 0 Å². The lowest BCUT2D eigenvalue weighted by Crippen LogP contribution is -2.13. The molecule has 4 nitrogen and oxygen atoms in total. The number of nitrogens with one attached hydrogen (secondary N) is 1. The summed E-state index contributed by atoms with van der Waals surface area (Å²) in [6.07, 6.45) is 5.92. The first-order valence-electron chi connectivity index (χ1n) is 6.61. The first-order chi connectivity index (χ1) is 8.83. The van der Waals surface area contributed by atoms with Crippen molar-refractivity contribution < 1.29 is 4.42 Å². The normalized spacial score (nSPS) is 11.0. The first-order valence-corrected chi connectivity index (χ1v) is 6.61. The summed E-state index contributed by atoms with van der Waals surface area (Å²) in [5.74, 6) is 3.07. The molecule has 0 aromatic carbocycles. The zero-order chi connectivity index (χ0) is 12.8. The van der Waals surface area contributed by atoms with Crippen LogP contribution in [0, 0.1) is 0 Å². The van der Waals surface area contributed by atoms with Crippen LogP contribution in [0.1, 0.15) is 37.6 Å². The lowest BCUT2D eigenvalue weighted by atomic mass is 10.4. The summed E-state index contributed by atoms with van der Waals surface area (Å²) in [5, 5.41) is 3.33. The van der Waals surface area contributed by atoms with E-state index in [0.717, 1.165) is 49.8 Å². The van der Waals surface area contributed by atoms with Crippen LogP contribution in [-0.2, 0) is 19.5 Å². The number of aryl methyl sites for hydroxylation is 1. The molecule has 4 heteroatoms. The molecule has 0 aliphatic carbocycles. The third-order valence-corrected chi connectivity index (χ3v) is 2.89. The van der Waals surface area contributed by atoms with E-state index in [4.69, 9.17) is 4.42 Å². The first kappa shape index (κ1) is 12.9. The fourth-order valence-electron chi connectivity index (χ4n) is 1.96. The highest BCUT2D eigenvalue weighted by molar-refractivity contribution is 5.08. The van der Waals surface area contributed by atoms with Crippen LogP contribution in [0.5, 0.6) is 0 Å². The van der Waals surface area contributed by atoms with Crippen LogP contribution in [0.3, 0.4) is 0 Å². The Labute approximate surface area is 108 Å². The summed E-state index contributed by atoms with van der Waals surface area (Å²) in [7, 11) is 0. The van der Waals surface area contributed by atoms with Crippen LogP contribution in [0.4, 0.5) is 0 Å². The van der Waals surface area contributed by atoms with E-state index in [1.54, 1.807) is 0 Å². The average Bonchev–Trinajstić information content (AvgIpc) is 2.99. The highest BCUT2D eigenvalue weighted by atomic mass is 16.3. The molecule has 0 amide bonds. The van der Waals surface area contributed by atoms with Gasteiger partial charge in [0.15, 0.2) is 0 Å². The third kappa shape index (κ3) is 3.23. The summed E-state index contributed by atoms with van der Waals surface area (Å²) >= 11 is 0. The summed E-state index contributed by atoms with van der Waals surface area (Å²) in [6, 6.07) is 4.09. The molecule has 0 saturated heterocycles. The predicted octanol–water partition coefficient (Wildman–Crippen LogP) is 2.59. The molecule has 0 aliphatic rings. The molecule has 0 spiro atoms. The van der Waals surface area contributed by atoms with Crippen molar-refractivity contribution in [2.75, 3.05) is 6.54 Å². The number of hydrogen-bond donors (Lipinski definition) is 1. The molecular formula is C14H21N3O. The number of rotatable bonds is 7. The second kappa shape index (κ2) is 6.40. The molecule has 2 aromatic heterocycles. The largest absolute Gasteiger partial charge is 0.463 e. The lowest BCUT2D eigenvalue weighted by molar-refractivity contribution is 0.435. The molecular weight excluding hydrogens is 226 g/mol. The van der Waals surface area contributed by atoms with Gasteiger partial charge >= 0.3 is 0 Å². The smallest absolute Gasteiger partial charge is 0.123 e. The monoisotopic (exact) mass is 247 g/mol. The second-order valence-electron chi connectivity index (χ2n) is 4.37. The number of imidazole rings is 1. The van der Waals surface area contributed by atoms with Crippen molar-refractivity contribution in [1.29, 1.82) is 0 Å². The van der Waals surface area contributed by atoms with Crippen LogP contribution >= 0.6 is 0 Å². The van der Waals surface area contributed by atoms with Gasteiger partial charge in [-0.25, -0.2) is 4.98 Å². The molecule has 18 heavy (non-hydrogen) atoms. The van der Waals surface area contributed by atoms with Gasteiger partial charge in [0.25, 0.3) is 0 Å². The number of aromatic nitrogens is 2. The molecule has 0 bridgehead atoms. The van der Waals surface area contributed by atoms with Gasteiger partial charge in [0.1, 0.15) is 17.3 Å². The topological polar surface area (TPSA) is 43.0 Å². The molecule has 0 atom stereocenters. The van der Waals surface area contributed by atoms with Crippen molar-refractivity contribution in [3.8, 4) is 0 Å². The average molecular weight is 247 g/mol. The summed E-state index contributed by atoms with van der Waals surface area (Å²) < 4.78 is 7.92. The summed E-state index contributed by atoms with van der Waals surface area (Å²) in [5.41, 5.74) is 0. The van der Waals surface area contributed by atoms with Crippen LogP contribution in [0.15, 0.2) is 28.9 Å². The van der Waals surface area contributed by atoms with Crippen LogP contribution in [0.2, 0.25) is 0 Å². The zero-order valence-corrected chi connectivity index (χ0v) is 11.1. The highest BCUT2D eigenvalue weighted by Gasteiger charge is 2.05. The Morgan fingerprint density at radius 3 is 2.89 bits per heavy atom. The zero-order valence-electron chi connectivity index (χ0n) is 11.1. The minimum Gasteiger partial charge on any atom is -0.463 e. The highest BCUT2D eigenvalue weighted by Crippen LogP contribution is 2.11. The molecule has 0 radical (unpaired) electrons. The van der Waals surface area contributed by atoms with E-state index in [1.807, 2.05) is 24.5 Å². The minimum atomic E-state index is 0.761. The van der Waals surface area contributed by atoms with E-state index in [9.17, 15) is 0 Å². The Kier molecular flexibility index (Phi) is 4.59. The summed E-state index contributed by atoms with van der Waals surface area (Å²) in [4.78, 5) is 4.31. The fourth-order valence-corrected chi connectivity index (χ4v) is 1.96. The van der Waals surface area contributed by atoms with Gasteiger partial charge in [-0.05, 0) is 25.1 Å². The second-order valence-corrected chi connectivity index (χ2v) is 4.37. The van der Waals surface area contributed by atoms with Gasteiger partial charge < -0.3 is 14.3 Å². The van der Waals surface area contributed by atoms with E-state index in [0.29, 0.717) is 0 Å². The molecule has 0 fully saturated rings. The van der Waals surface area contributed by atoms with E-state index < -0.39 is 0 Å². The Balaban J connectivity index is 1.94. The van der Waals surface area contributed by atoms with Crippen LogP contribution in [0.25, 0.3) is 0 Å². The fraction of sp³-hybridized carbons (Fsp3) is 0.500. The van der Waals surface area contributed by atoms with Gasteiger partial charge in [-0.1, -0.05) is 13.8 Å². The van der Waals surface area contributed by atoms with E-state index in [-0.39, 0.29) is 0 Å². The number of furan rings is 1. The van der Waals surface area contributed by atoms with Gasteiger partial charge in [0.2, 0.25) is 0 Å². The molecule has 1 N–H and O–H groups in total.